The summed E-state index contributed by atoms with van der Waals surface area (Å²) in [5.41, 5.74) is 0. The van der Waals surface area contributed by atoms with Gasteiger partial charge in [-0.3, -0.25) is 0 Å². The van der Waals surface area contributed by atoms with Crippen molar-refractivity contribution in [2.75, 3.05) is 0 Å². The summed E-state index contributed by atoms with van der Waals surface area (Å²) in [7, 11) is -3.22. The Hall–Kier alpha value is -0.770. The fourth-order valence-corrected chi connectivity index (χ4v) is 1.74. The highest BCUT2D eigenvalue weighted by atomic mass is 32.2. The number of ether oxygens (including phenoxy) is 1. The van der Waals surface area contributed by atoms with E-state index >= 15 is 0 Å². The number of hydrogen-bond donors (Lipinski definition) is 0. The molecule has 0 saturated heterocycles. The van der Waals surface area contributed by atoms with Crippen molar-refractivity contribution >= 4 is 9.84 Å². The molecule has 0 radical (unpaired) electrons. The lowest BCUT2D eigenvalue weighted by Crippen LogP contribution is -2.07. The zero-order valence-electron chi connectivity index (χ0n) is 6.44. The molecule has 0 aromatic rings. The van der Waals surface area contributed by atoms with Crippen LogP contribution >= 0.6 is 0 Å². The molecule has 0 spiro atoms. The van der Waals surface area contributed by atoms with Crippen LogP contribution in [0.4, 0.5) is 0 Å². The first kappa shape index (κ1) is 8.33. The van der Waals surface area contributed by atoms with Gasteiger partial charge in [0.1, 0.15) is 0 Å². The van der Waals surface area contributed by atoms with E-state index < -0.39 is 9.84 Å². The lowest BCUT2D eigenvalue weighted by molar-refractivity contribution is 0.167. The van der Waals surface area contributed by atoms with Crippen molar-refractivity contribution in [3.63, 3.8) is 0 Å². The Morgan fingerprint density at radius 1 is 1.45 bits per heavy atom. The van der Waals surface area contributed by atoms with E-state index in [-0.39, 0.29) is 11.2 Å². The second-order valence-corrected chi connectivity index (χ2v) is 4.29. The number of rotatable bonds is 2. The van der Waals surface area contributed by atoms with E-state index in [1.807, 2.05) is 0 Å². The molecule has 1 aliphatic rings. The van der Waals surface area contributed by atoms with Gasteiger partial charge in [0.2, 0.25) is 14.9 Å². The molecule has 1 rings (SSSR count). The largest absolute Gasteiger partial charge is 0.480 e. The molecule has 0 saturated carbocycles. The van der Waals surface area contributed by atoms with Gasteiger partial charge in [-0.2, -0.15) is 0 Å². The molecule has 0 aliphatic carbocycles. The summed E-state index contributed by atoms with van der Waals surface area (Å²) in [4.78, 5) is 0. The predicted molar refractivity (Wildman–Crippen MR) is 42.4 cm³/mol. The molecule has 0 amide bonds. The third-order valence-electron chi connectivity index (χ3n) is 1.12. The van der Waals surface area contributed by atoms with Crippen LogP contribution in [0.25, 0.3) is 0 Å². The van der Waals surface area contributed by atoms with Crippen LogP contribution in [0.2, 0.25) is 0 Å². The summed E-state index contributed by atoms with van der Waals surface area (Å²) in [6, 6.07) is 0. The van der Waals surface area contributed by atoms with E-state index in [2.05, 4.69) is 0 Å². The smallest absolute Gasteiger partial charge is 0.232 e. The number of sulfone groups is 1. The first-order valence-corrected chi connectivity index (χ1v) is 4.87. The average molecular weight is 174 g/mol. The Balaban J connectivity index is 2.79. The monoisotopic (exact) mass is 174 g/mol. The Kier molecular flexibility index (Phi) is 2.04. The van der Waals surface area contributed by atoms with Crippen LogP contribution in [0.15, 0.2) is 22.7 Å². The van der Waals surface area contributed by atoms with Crippen molar-refractivity contribution in [1.29, 1.82) is 0 Å². The quantitative estimate of drug-likeness (QED) is 0.631. The van der Waals surface area contributed by atoms with Gasteiger partial charge < -0.3 is 4.74 Å². The highest BCUT2D eigenvalue weighted by Crippen LogP contribution is 2.18. The number of allylic oxidation sites excluding steroid dienone is 2. The van der Waals surface area contributed by atoms with Crippen molar-refractivity contribution in [2.45, 2.75) is 20.0 Å². The van der Waals surface area contributed by atoms with Gasteiger partial charge in [0.05, 0.1) is 6.10 Å². The second kappa shape index (κ2) is 2.70. The molecule has 0 aromatic carbocycles. The van der Waals surface area contributed by atoms with Gasteiger partial charge in [-0.15, -0.1) is 0 Å². The Labute approximate surface area is 66.3 Å². The highest BCUT2D eigenvalue weighted by molar-refractivity contribution is 7.98. The van der Waals surface area contributed by atoms with Crippen molar-refractivity contribution in [2.24, 2.45) is 0 Å². The molecule has 3 nitrogen and oxygen atoms in total. The van der Waals surface area contributed by atoms with Crippen LogP contribution in [0.5, 0.6) is 0 Å². The molecule has 0 atom stereocenters. The summed E-state index contributed by atoms with van der Waals surface area (Å²) >= 11 is 0. The maximum atomic E-state index is 11.0. The zero-order valence-corrected chi connectivity index (χ0v) is 7.26. The molecule has 1 heterocycles. The van der Waals surface area contributed by atoms with Crippen LogP contribution in [0.1, 0.15) is 13.8 Å². The van der Waals surface area contributed by atoms with E-state index in [0.717, 1.165) is 5.41 Å². The van der Waals surface area contributed by atoms with E-state index in [0.29, 0.717) is 0 Å². The minimum atomic E-state index is -3.22. The molecule has 0 N–H and O–H groups in total. The Morgan fingerprint density at radius 3 is 2.45 bits per heavy atom. The van der Waals surface area contributed by atoms with Crippen LogP contribution in [-0.2, 0) is 14.6 Å². The molecule has 4 heteroatoms. The molecular weight excluding hydrogens is 164 g/mol. The van der Waals surface area contributed by atoms with Gasteiger partial charge in [-0.05, 0) is 26.0 Å². The lowest BCUT2D eigenvalue weighted by Gasteiger charge is -2.08. The van der Waals surface area contributed by atoms with Gasteiger partial charge in [0.25, 0.3) is 0 Å². The summed E-state index contributed by atoms with van der Waals surface area (Å²) in [5.74, 6) is 0. The van der Waals surface area contributed by atoms with Crippen molar-refractivity contribution in [1.82, 2.24) is 0 Å². The van der Waals surface area contributed by atoms with Gasteiger partial charge >= 0.3 is 0 Å². The Bertz CT molecular complexity index is 296. The van der Waals surface area contributed by atoms with Crippen LogP contribution in [-0.4, -0.2) is 14.5 Å². The molecule has 0 aromatic heterocycles. The van der Waals surface area contributed by atoms with Crippen molar-refractivity contribution < 1.29 is 13.2 Å². The van der Waals surface area contributed by atoms with Crippen LogP contribution < -0.4 is 0 Å². The minimum Gasteiger partial charge on any atom is -0.480 e. The van der Waals surface area contributed by atoms with Gasteiger partial charge in [0, 0.05) is 5.41 Å². The Morgan fingerprint density at radius 2 is 2.09 bits per heavy atom. The molecular formula is C7H10O3S. The summed E-state index contributed by atoms with van der Waals surface area (Å²) < 4.78 is 27.1. The van der Waals surface area contributed by atoms with E-state index in [4.69, 9.17) is 4.74 Å². The van der Waals surface area contributed by atoms with Gasteiger partial charge in [-0.1, -0.05) is 0 Å². The third kappa shape index (κ3) is 1.83. The topological polar surface area (TPSA) is 43.4 Å². The average Bonchev–Trinajstić information content (AvgIpc) is 2.10. The molecule has 1 aliphatic heterocycles. The van der Waals surface area contributed by atoms with Crippen LogP contribution in [0, 0.1) is 0 Å². The van der Waals surface area contributed by atoms with E-state index in [1.54, 1.807) is 13.8 Å². The maximum Gasteiger partial charge on any atom is 0.232 e. The molecule has 11 heavy (non-hydrogen) atoms. The summed E-state index contributed by atoms with van der Waals surface area (Å²) in [6.45, 7) is 3.57. The fraction of sp³-hybridized carbons (Fsp3) is 0.429. The van der Waals surface area contributed by atoms with E-state index in [9.17, 15) is 8.42 Å². The van der Waals surface area contributed by atoms with E-state index in [1.165, 1.54) is 12.2 Å². The maximum absolute atomic E-state index is 11.0. The third-order valence-corrected chi connectivity index (χ3v) is 2.43. The second-order valence-electron chi connectivity index (χ2n) is 2.53. The normalized spacial score (nSPS) is 20.5. The highest BCUT2D eigenvalue weighted by Gasteiger charge is 2.19. The minimum absolute atomic E-state index is 0.0486. The molecule has 62 valence electrons. The zero-order chi connectivity index (χ0) is 8.48. The standard InChI is InChI=1S/C7H10O3S/c1-6(2)10-7-4-3-5-11(7,8)9/h3-6H,1-2H3. The molecule has 0 fully saturated rings. The van der Waals surface area contributed by atoms with Gasteiger partial charge in [0.15, 0.2) is 0 Å². The first-order valence-electron chi connectivity index (χ1n) is 3.32. The molecule has 0 unspecified atom stereocenters. The fourth-order valence-electron chi connectivity index (χ4n) is 0.722. The van der Waals surface area contributed by atoms with Crippen molar-refractivity contribution in [3.05, 3.63) is 22.7 Å². The van der Waals surface area contributed by atoms with Gasteiger partial charge in [-0.25, -0.2) is 8.42 Å². The lowest BCUT2D eigenvalue weighted by atomic mass is 10.5. The first-order chi connectivity index (χ1) is 5.02. The van der Waals surface area contributed by atoms with Crippen molar-refractivity contribution in [3.8, 4) is 0 Å². The summed E-state index contributed by atoms with van der Waals surface area (Å²) in [5, 5.41) is 1.18. The van der Waals surface area contributed by atoms with Crippen LogP contribution in [0.3, 0.4) is 0 Å². The SMILES string of the molecule is CC(C)OC1=CC=CS1(=O)=O. The predicted octanol–water partition coefficient (Wildman–Crippen LogP) is 1.19. The summed E-state index contributed by atoms with van der Waals surface area (Å²) in [6.07, 6.45) is 2.82. The molecule has 0 bridgehead atoms. The number of hydrogen-bond acceptors (Lipinski definition) is 3.